The largest absolute Gasteiger partial charge is 0.489 e. The lowest BCUT2D eigenvalue weighted by atomic mass is 10.0. The Morgan fingerprint density at radius 1 is 0.829 bits per heavy atom. The first-order valence-corrected chi connectivity index (χ1v) is 11.4. The fraction of sp³-hybridized carbons (Fsp3) is 0.107. The molecule has 5 rings (SSSR count). The van der Waals surface area contributed by atoms with E-state index in [0.717, 1.165) is 17.2 Å². The number of nitrogens with zero attached hydrogens (tertiary/aromatic N) is 2. The van der Waals surface area contributed by atoms with Crippen LogP contribution in [0.2, 0.25) is 5.02 Å². The Balaban J connectivity index is 1.59. The second-order valence-electron chi connectivity index (χ2n) is 8.10. The molecule has 0 aliphatic heterocycles. The molecule has 176 valence electrons. The van der Waals surface area contributed by atoms with Crippen molar-refractivity contribution in [2.75, 3.05) is 0 Å². The molecule has 0 aliphatic rings. The molecule has 0 saturated carbocycles. The molecule has 1 heterocycles. The highest BCUT2D eigenvalue weighted by Crippen LogP contribution is 2.38. The number of benzene rings is 4. The summed E-state index contributed by atoms with van der Waals surface area (Å²) in [6.45, 7) is 0.595. The molecule has 0 spiro atoms. The molecular weight excluding hydrogens is 473 g/mol. The Hall–Kier alpha value is -3.77. The van der Waals surface area contributed by atoms with E-state index >= 15 is 0 Å². The van der Waals surface area contributed by atoms with E-state index in [4.69, 9.17) is 16.3 Å². The van der Waals surface area contributed by atoms with Crippen LogP contribution >= 0.6 is 11.6 Å². The molecule has 0 fully saturated rings. The number of hydrogen-bond donors (Lipinski definition) is 0. The summed E-state index contributed by atoms with van der Waals surface area (Å²) in [4.78, 5) is 0. The van der Waals surface area contributed by atoms with Crippen LogP contribution in [-0.4, -0.2) is 9.78 Å². The SMILES string of the molecule is FC(F)(F)c1cccc2c(-c3cccc(OCc4ccccc4Cl)c3)n(Cc3ccccc3)nc12. The minimum atomic E-state index is -4.51. The van der Waals surface area contributed by atoms with Gasteiger partial charge in [-0.25, -0.2) is 0 Å². The van der Waals surface area contributed by atoms with Gasteiger partial charge in [0.2, 0.25) is 0 Å². The molecule has 0 aliphatic carbocycles. The Labute approximate surface area is 205 Å². The summed E-state index contributed by atoms with van der Waals surface area (Å²) in [5.74, 6) is 0.579. The summed E-state index contributed by atoms with van der Waals surface area (Å²) in [6.07, 6.45) is -4.51. The lowest BCUT2D eigenvalue weighted by molar-refractivity contribution is -0.136. The van der Waals surface area contributed by atoms with E-state index in [1.807, 2.05) is 72.8 Å². The summed E-state index contributed by atoms with van der Waals surface area (Å²) in [7, 11) is 0. The van der Waals surface area contributed by atoms with Crippen LogP contribution in [-0.2, 0) is 19.3 Å². The topological polar surface area (TPSA) is 27.1 Å². The van der Waals surface area contributed by atoms with Crippen LogP contribution in [0.1, 0.15) is 16.7 Å². The van der Waals surface area contributed by atoms with Crippen molar-refractivity contribution in [3.8, 4) is 17.0 Å². The summed E-state index contributed by atoms with van der Waals surface area (Å²) >= 11 is 6.23. The third-order valence-electron chi connectivity index (χ3n) is 5.71. The van der Waals surface area contributed by atoms with E-state index in [0.29, 0.717) is 34.0 Å². The van der Waals surface area contributed by atoms with Crippen molar-refractivity contribution in [2.45, 2.75) is 19.3 Å². The quantitative estimate of drug-likeness (QED) is 0.240. The minimum absolute atomic E-state index is 0.0756. The highest BCUT2D eigenvalue weighted by Gasteiger charge is 2.34. The van der Waals surface area contributed by atoms with Gasteiger partial charge >= 0.3 is 6.18 Å². The molecule has 3 nitrogen and oxygen atoms in total. The van der Waals surface area contributed by atoms with Crippen molar-refractivity contribution in [1.82, 2.24) is 9.78 Å². The molecule has 4 aromatic carbocycles. The van der Waals surface area contributed by atoms with E-state index in [9.17, 15) is 13.2 Å². The molecule has 5 aromatic rings. The lowest BCUT2D eigenvalue weighted by Crippen LogP contribution is -2.06. The molecule has 0 atom stereocenters. The van der Waals surface area contributed by atoms with Gasteiger partial charge in [-0.15, -0.1) is 0 Å². The van der Waals surface area contributed by atoms with Gasteiger partial charge in [-0.3, -0.25) is 4.68 Å². The van der Waals surface area contributed by atoms with Crippen molar-refractivity contribution >= 4 is 22.5 Å². The number of ether oxygens (including phenoxy) is 1. The summed E-state index contributed by atoms with van der Waals surface area (Å²) < 4.78 is 48.9. The molecule has 0 N–H and O–H groups in total. The van der Waals surface area contributed by atoms with Crippen molar-refractivity contribution in [3.05, 3.63) is 119 Å². The van der Waals surface area contributed by atoms with Gasteiger partial charge in [0.25, 0.3) is 0 Å². The first-order valence-electron chi connectivity index (χ1n) is 11.0. The maximum Gasteiger partial charge on any atom is 0.418 e. The fourth-order valence-corrected chi connectivity index (χ4v) is 4.26. The summed E-state index contributed by atoms with van der Waals surface area (Å²) in [5.41, 5.74) is 2.25. The first kappa shape index (κ1) is 23.0. The van der Waals surface area contributed by atoms with Crippen molar-refractivity contribution in [2.24, 2.45) is 0 Å². The molecule has 0 unspecified atom stereocenters. The van der Waals surface area contributed by atoms with Gasteiger partial charge in [0.15, 0.2) is 0 Å². The predicted octanol–water partition coefficient (Wildman–Crippen LogP) is 8.00. The van der Waals surface area contributed by atoms with Crippen LogP contribution in [0.3, 0.4) is 0 Å². The zero-order chi connectivity index (χ0) is 24.4. The van der Waals surface area contributed by atoms with Gasteiger partial charge in [0, 0.05) is 21.5 Å². The van der Waals surface area contributed by atoms with Gasteiger partial charge < -0.3 is 4.74 Å². The van der Waals surface area contributed by atoms with Crippen LogP contribution < -0.4 is 4.74 Å². The number of rotatable bonds is 6. The molecule has 35 heavy (non-hydrogen) atoms. The Kier molecular flexibility index (Phi) is 6.22. The second kappa shape index (κ2) is 9.47. The zero-order valence-electron chi connectivity index (χ0n) is 18.5. The van der Waals surface area contributed by atoms with Gasteiger partial charge in [0.1, 0.15) is 17.9 Å². The van der Waals surface area contributed by atoms with Crippen molar-refractivity contribution in [1.29, 1.82) is 0 Å². The molecular formula is C28H20ClF3N2O. The lowest BCUT2D eigenvalue weighted by Gasteiger charge is -2.12. The molecule has 0 amide bonds. The molecule has 0 radical (unpaired) electrons. The third kappa shape index (κ3) is 4.88. The second-order valence-corrected chi connectivity index (χ2v) is 8.51. The average Bonchev–Trinajstić information content (AvgIpc) is 3.21. The number of fused-ring (bicyclic) bond motifs is 1. The van der Waals surface area contributed by atoms with Gasteiger partial charge in [-0.2, -0.15) is 18.3 Å². The van der Waals surface area contributed by atoms with Crippen LogP contribution in [0.25, 0.3) is 22.2 Å². The van der Waals surface area contributed by atoms with Crippen molar-refractivity contribution in [3.63, 3.8) is 0 Å². The molecule has 0 saturated heterocycles. The standard InChI is InChI=1S/C28H20ClF3N2O/c29-25-15-5-4-10-21(25)18-35-22-12-6-11-20(16-22)27-23-13-7-14-24(28(30,31)32)26(23)33-34(27)17-19-8-2-1-3-9-19/h1-16H,17-18H2. The summed E-state index contributed by atoms with van der Waals surface area (Å²) in [6, 6.07) is 28.4. The molecule has 0 bridgehead atoms. The van der Waals surface area contributed by atoms with E-state index in [1.165, 1.54) is 6.07 Å². The van der Waals surface area contributed by atoms with Crippen LogP contribution in [0, 0.1) is 0 Å². The number of halogens is 4. The number of aromatic nitrogens is 2. The smallest absolute Gasteiger partial charge is 0.418 e. The minimum Gasteiger partial charge on any atom is -0.489 e. The normalized spacial score (nSPS) is 11.7. The van der Waals surface area contributed by atoms with Gasteiger partial charge in [-0.05, 0) is 29.8 Å². The van der Waals surface area contributed by atoms with Crippen LogP contribution in [0.4, 0.5) is 13.2 Å². The fourth-order valence-electron chi connectivity index (χ4n) is 4.07. The third-order valence-corrected chi connectivity index (χ3v) is 6.08. The molecule has 1 aromatic heterocycles. The molecule has 7 heteroatoms. The predicted molar refractivity (Wildman–Crippen MR) is 131 cm³/mol. The zero-order valence-corrected chi connectivity index (χ0v) is 19.2. The van der Waals surface area contributed by atoms with Gasteiger partial charge in [0.05, 0.1) is 17.8 Å². The Bertz CT molecular complexity index is 1480. The van der Waals surface area contributed by atoms with E-state index in [2.05, 4.69) is 5.10 Å². The highest BCUT2D eigenvalue weighted by molar-refractivity contribution is 6.31. The first-order chi connectivity index (χ1) is 16.9. The number of alkyl halides is 3. The summed E-state index contributed by atoms with van der Waals surface area (Å²) in [5, 5.41) is 5.46. The average molecular weight is 493 g/mol. The number of hydrogen-bond acceptors (Lipinski definition) is 2. The highest BCUT2D eigenvalue weighted by atomic mass is 35.5. The maximum atomic E-state index is 13.8. The monoisotopic (exact) mass is 492 g/mol. The van der Waals surface area contributed by atoms with Gasteiger partial charge in [-0.1, -0.05) is 84.4 Å². The van der Waals surface area contributed by atoms with E-state index in [-0.39, 0.29) is 12.1 Å². The van der Waals surface area contributed by atoms with E-state index in [1.54, 1.807) is 16.8 Å². The Morgan fingerprint density at radius 2 is 1.57 bits per heavy atom. The van der Waals surface area contributed by atoms with Crippen LogP contribution in [0.15, 0.2) is 97.1 Å². The Morgan fingerprint density at radius 3 is 2.34 bits per heavy atom. The van der Waals surface area contributed by atoms with Crippen LogP contribution in [0.5, 0.6) is 5.75 Å². The maximum absolute atomic E-state index is 13.8. The van der Waals surface area contributed by atoms with Crippen molar-refractivity contribution < 1.29 is 17.9 Å². The van der Waals surface area contributed by atoms with E-state index < -0.39 is 11.7 Å².